The highest BCUT2D eigenvalue weighted by Gasteiger charge is 2.10. The van der Waals surface area contributed by atoms with Crippen molar-refractivity contribution in [3.05, 3.63) is 79.9 Å². The van der Waals surface area contributed by atoms with E-state index in [1.54, 1.807) is 48.0 Å². The van der Waals surface area contributed by atoms with Gasteiger partial charge < -0.3 is 5.32 Å². The van der Waals surface area contributed by atoms with E-state index >= 15 is 0 Å². The Kier molecular flexibility index (Phi) is 5.80. The minimum Gasteiger partial charge on any atom is -0.354 e. The van der Waals surface area contributed by atoms with Crippen LogP contribution in [0.5, 0.6) is 0 Å². The molecule has 3 aromatic heterocycles. The number of carbonyl (C=O) groups is 1. The minimum absolute atomic E-state index is 0.234. The summed E-state index contributed by atoms with van der Waals surface area (Å²) < 4.78 is 1.04. The van der Waals surface area contributed by atoms with Crippen LogP contribution in [0.3, 0.4) is 0 Å². The van der Waals surface area contributed by atoms with E-state index in [1.807, 2.05) is 17.5 Å². The van der Waals surface area contributed by atoms with Gasteiger partial charge in [0.2, 0.25) is 5.91 Å². The van der Waals surface area contributed by atoms with Gasteiger partial charge in [0, 0.05) is 36.3 Å². The van der Waals surface area contributed by atoms with Crippen molar-refractivity contribution in [3.8, 4) is 11.3 Å². The fourth-order valence-electron chi connectivity index (χ4n) is 3.11. The SMILES string of the molecule is O=C(Cn1[nH]c(=O)c2ccccc2c1=O)NCCCc1nc(-c2ccncc2)cs1. The molecule has 0 bridgehead atoms. The number of nitrogens with zero attached hydrogens (tertiary/aromatic N) is 3. The summed E-state index contributed by atoms with van der Waals surface area (Å²) in [6.45, 7) is 0.220. The Morgan fingerprint density at radius 3 is 2.67 bits per heavy atom. The van der Waals surface area contributed by atoms with Gasteiger partial charge >= 0.3 is 0 Å². The number of aromatic amines is 1. The lowest BCUT2D eigenvalue weighted by Gasteiger charge is -2.08. The molecule has 30 heavy (non-hydrogen) atoms. The Hall–Kier alpha value is -3.59. The van der Waals surface area contributed by atoms with Crippen LogP contribution in [0.15, 0.2) is 63.8 Å². The number of fused-ring (bicyclic) bond motifs is 1. The van der Waals surface area contributed by atoms with Crippen LogP contribution in [0, 0.1) is 0 Å². The molecule has 0 aliphatic heterocycles. The lowest BCUT2D eigenvalue weighted by atomic mass is 10.2. The maximum atomic E-state index is 12.5. The molecular weight excluding hydrogens is 402 g/mol. The van der Waals surface area contributed by atoms with Crippen LogP contribution < -0.4 is 16.4 Å². The monoisotopic (exact) mass is 421 g/mol. The van der Waals surface area contributed by atoms with Crippen molar-refractivity contribution in [2.24, 2.45) is 0 Å². The predicted molar refractivity (Wildman–Crippen MR) is 116 cm³/mol. The highest BCUT2D eigenvalue weighted by Crippen LogP contribution is 2.21. The van der Waals surface area contributed by atoms with Crippen molar-refractivity contribution in [2.45, 2.75) is 19.4 Å². The summed E-state index contributed by atoms with van der Waals surface area (Å²) in [5, 5.41) is 8.85. The molecule has 4 rings (SSSR count). The van der Waals surface area contributed by atoms with E-state index in [-0.39, 0.29) is 12.5 Å². The summed E-state index contributed by atoms with van der Waals surface area (Å²) in [5.41, 5.74) is 1.15. The number of hydrogen-bond donors (Lipinski definition) is 2. The molecule has 1 amide bonds. The molecule has 8 nitrogen and oxygen atoms in total. The quantitative estimate of drug-likeness (QED) is 0.443. The number of thiazole rings is 1. The second-order valence-corrected chi connectivity index (χ2v) is 7.64. The summed E-state index contributed by atoms with van der Waals surface area (Å²) in [7, 11) is 0. The molecular formula is C21H19N5O3S. The molecule has 0 atom stereocenters. The molecule has 0 saturated heterocycles. The first kappa shape index (κ1) is 19.7. The van der Waals surface area contributed by atoms with Crippen LogP contribution in [0.1, 0.15) is 11.4 Å². The first-order valence-corrected chi connectivity index (χ1v) is 10.3. The lowest BCUT2D eigenvalue weighted by molar-refractivity contribution is -0.121. The molecule has 0 spiro atoms. The lowest BCUT2D eigenvalue weighted by Crippen LogP contribution is -2.37. The number of hydrogen-bond acceptors (Lipinski definition) is 6. The smallest absolute Gasteiger partial charge is 0.273 e. The van der Waals surface area contributed by atoms with E-state index in [2.05, 4.69) is 20.4 Å². The van der Waals surface area contributed by atoms with Gasteiger partial charge in [-0.1, -0.05) is 12.1 Å². The number of amides is 1. The summed E-state index contributed by atoms with van der Waals surface area (Å²) in [6.07, 6.45) is 4.93. The van der Waals surface area contributed by atoms with Crippen molar-refractivity contribution in [2.75, 3.05) is 6.54 Å². The number of nitrogens with one attached hydrogen (secondary N) is 2. The van der Waals surface area contributed by atoms with Gasteiger partial charge in [-0.15, -0.1) is 11.3 Å². The third kappa shape index (κ3) is 4.36. The summed E-state index contributed by atoms with van der Waals surface area (Å²) in [4.78, 5) is 45.4. The number of H-pyrrole nitrogens is 1. The molecule has 152 valence electrons. The van der Waals surface area contributed by atoms with Crippen LogP contribution >= 0.6 is 11.3 Å². The van der Waals surface area contributed by atoms with Gasteiger partial charge in [0.25, 0.3) is 11.1 Å². The topological polar surface area (TPSA) is 110 Å². The molecule has 3 heterocycles. The van der Waals surface area contributed by atoms with Crippen molar-refractivity contribution in [1.82, 2.24) is 25.1 Å². The van der Waals surface area contributed by atoms with Gasteiger partial charge in [0.15, 0.2) is 0 Å². The fourth-order valence-corrected chi connectivity index (χ4v) is 3.96. The molecule has 4 aromatic rings. The van der Waals surface area contributed by atoms with Gasteiger partial charge in [0.05, 0.1) is 21.5 Å². The predicted octanol–water partition coefficient (Wildman–Crippen LogP) is 1.96. The minimum atomic E-state index is -0.397. The molecule has 0 unspecified atom stereocenters. The zero-order valence-corrected chi connectivity index (χ0v) is 16.8. The standard InChI is InChI=1S/C21H19N5O3S/c27-18(12-26-21(29)16-5-2-1-4-15(16)20(28)25-26)23-9-3-6-19-24-17(13-30-19)14-7-10-22-11-8-14/h1-2,4-5,7-8,10-11,13H,3,6,9,12H2,(H,23,27)(H,25,28). The maximum Gasteiger partial charge on any atom is 0.273 e. The van der Waals surface area contributed by atoms with Crippen LogP contribution in [-0.2, 0) is 17.8 Å². The van der Waals surface area contributed by atoms with Crippen molar-refractivity contribution in [1.29, 1.82) is 0 Å². The van der Waals surface area contributed by atoms with E-state index in [9.17, 15) is 14.4 Å². The van der Waals surface area contributed by atoms with Gasteiger partial charge in [0.1, 0.15) is 6.54 Å². The Labute approximate surface area is 175 Å². The van der Waals surface area contributed by atoms with E-state index in [4.69, 9.17) is 0 Å². The van der Waals surface area contributed by atoms with Crippen LogP contribution in [0.25, 0.3) is 22.0 Å². The number of rotatable bonds is 7. The first-order valence-electron chi connectivity index (χ1n) is 9.45. The van der Waals surface area contributed by atoms with Crippen molar-refractivity contribution < 1.29 is 4.79 Å². The third-order valence-corrected chi connectivity index (χ3v) is 5.51. The highest BCUT2D eigenvalue weighted by molar-refractivity contribution is 7.09. The summed E-state index contributed by atoms with van der Waals surface area (Å²) in [5.74, 6) is -0.334. The zero-order chi connectivity index (χ0) is 20.9. The number of pyridine rings is 1. The Morgan fingerprint density at radius 2 is 1.87 bits per heavy atom. The van der Waals surface area contributed by atoms with Gasteiger partial charge in [-0.2, -0.15) is 0 Å². The van der Waals surface area contributed by atoms with E-state index < -0.39 is 11.1 Å². The van der Waals surface area contributed by atoms with Gasteiger partial charge in [-0.05, 0) is 30.7 Å². The zero-order valence-electron chi connectivity index (χ0n) is 16.0. The number of benzene rings is 1. The van der Waals surface area contributed by atoms with Crippen molar-refractivity contribution in [3.63, 3.8) is 0 Å². The summed E-state index contributed by atoms with van der Waals surface area (Å²) >= 11 is 1.58. The molecule has 0 fully saturated rings. The normalized spacial score (nSPS) is 10.9. The fraction of sp³-hybridized carbons (Fsp3) is 0.190. The largest absolute Gasteiger partial charge is 0.354 e. The highest BCUT2D eigenvalue weighted by atomic mass is 32.1. The number of carbonyl (C=O) groups excluding carboxylic acids is 1. The number of aromatic nitrogens is 4. The number of aryl methyl sites for hydroxylation is 1. The first-order chi connectivity index (χ1) is 14.6. The molecule has 9 heteroatoms. The molecule has 0 aliphatic carbocycles. The van der Waals surface area contributed by atoms with Crippen LogP contribution in [-0.4, -0.2) is 32.2 Å². The molecule has 0 aliphatic rings. The second-order valence-electron chi connectivity index (χ2n) is 6.69. The molecule has 2 N–H and O–H groups in total. The second kappa shape index (κ2) is 8.83. The van der Waals surface area contributed by atoms with E-state index in [0.29, 0.717) is 17.3 Å². The van der Waals surface area contributed by atoms with E-state index in [0.717, 1.165) is 33.8 Å². The average Bonchev–Trinajstić information content (AvgIpc) is 3.25. The van der Waals surface area contributed by atoms with Crippen LogP contribution in [0.4, 0.5) is 0 Å². The molecule has 1 aromatic carbocycles. The van der Waals surface area contributed by atoms with Crippen LogP contribution in [0.2, 0.25) is 0 Å². The Bertz CT molecular complexity index is 1290. The molecule has 0 radical (unpaired) electrons. The molecule has 0 saturated carbocycles. The Balaban J connectivity index is 1.30. The van der Waals surface area contributed by atoms with Gasteiger partial charge in [-0.25, -0.2) is 9.67 Å². The van der Waals surface area contributed by atoms with Crippen molar-refractivity contribution >= 4 is 28.0 Å². The third-order valence-electron chi connectivity index (χ3n) is 4.60. The maximum absolute atomic E-state index is 12.5. The van der Waals surface area contributed by atoms with E-state index in [1.165, 1.54) is 0 Å². The summed E-state index contributed by atoms with van der Waals surface area (Å²) in [6, 6.07) is 10.4. The Morgan fingerprint density at radius 1 is 1.10 bits per heavy atom. The average molecular weight is 421 g/mol. The van der Waals surface area contributed by atoms with Gasteiger partial charge in [-0.3, -0.25) is 24.5 Å².